The van der Waals surface area contributed by atoms with E-state index >= 15 is 0 Å². The summed E-state index contributed by atoms with van der Waals surface area (Å²) in [6.45, 7) is 2.15. The van der Waals surface area contributed by atoms with Crippen LogP contribution in [0.3, 0.4) is 0 Å². The lowest BCUT2D eigenvalue weighted by Crippen LogP contribution is -2.08. The van der Waals surface area contributed by atoms with Crippen molar-refractivity contribution in [3.63, 3.8) is 0 Å². The van der Waals surface area contributed by atoms with Crippen LogP contribution in [0.5, 0.6) is 0 Å². The fourth-order valence-corrected chi connectivity index (χ4v) is 3.19. The number of hydrogen-bond donors (Lipinski definition) is 1. The van der Waals surface area contributed by atoms with E-state index in [-0.39, 0.29) is 23.8 Å². The molecule has 0 unspecified atom stereocenters. The Morgan fingerprint density at radius 2 is 2.00 bits per heavy atom. The monoisotopic (exact) mass is 350 g/mol. The summed E-state index contributed by atoms with van der Waals surface area (Å²) in [5.74, 6) is 0.138. The molecule has 4 heteroatoms. The van der Waals surface area contributed by atoms with E-state index in [0.29, 0.717) is 12.8 Å². The van der Waals surface area contributed by atoms with Crippen molar-refractivity contribution in [3.8, 4) is 0 Å². The van der Waals surface area contributed by atoms with Gasteiger partial charge in [0, 0.05) is 17.9 Å². The highest BCUT2D eigenvalue weighted by atomic mass is 16.5. The number of esters is 1. The van der Waals surface area contributed by atoms with Gasteiger partial charge in [-0.05, 0) is 31.8 Å². The minimum absolute atomic E-state index is 0.0939. The molecule has 1 aliphatic rings. The first-order valence-electron chi connectivity index (χ1n) is 9.76. The summed E-state index contributed by atoms with van der Waals surface area (Å²) in [5.41, 5.74) is 0.851. The van der Waals surface area contributed by atoms with E-state index in [9.17, 15) is 14.7 Å². The first-order chi connectivity index (χ1) is 12.1. The van der Waals surface area contributed by atoms with Crippen LogP contribution in [0.2, 0.25) is 0 Å². The van der Waals surface area contributed by atoms with E-state index in [1.165, 1.54) is 7.11 Å². The van der Waals surface area contributed by atoms with Gasteiger partial charge < -0.3 is 9.84 Å². The Morgan fingerprint density at radius 1 is 1.24 bits per heavy atom. The van der Waals surface area contributed by atoms with Crippen LogP contribution in [-0.2, 0) is 14.3 Å². The second kappa shape index (κ2) is 12.9. The molecule has 0 bridgehead atoms. The molecule has 0 spiro atoms. The molecule has 0 heterocycles. The second-order valence-corrected chi connectivity index (χ2v) is 6.90. The molecule has 0 radical (unpaired) electrons. The lowest BCUT2D eigenvalue weighted by molar-refractivity contribution is -0.140. The number of ether oxygens (including phenoxy) is 1. The summed E-state index contributed by atoms with van der Waals surface area (Å²) < 4.78 is 4.63. The molecule has 0 saturated heterocycles. The standard InChI is InChI=1S/C21H34O4/c1-3-4-7-11-18(22)14-15-19-17(13-16-20(19)23)10-8-5-6-9-12-21(24)25-2/h13,15-18,22H,3-12,14H2,1-2H3/b19-15+/t17-,18-/m0/s1. The largest absolute Gasteiger partial charge is 0.469 e. The normalized spacial score (nSPS) is 19.6. The Morgan fingerprint density at radius 3 is 2.72 bits per heavy atom. The summed E-state index contributed by atoms with van der Waals surface area (Å²) in [7, 11) is 1.42. The van der Waals surface area contributed by atoms with Gasteiger partial charge in [0.05, 0.1) is 13.2 Å². The van der Waals surface area contributed by atoms with E-state index in [0.717, 1.165) is 63.4 Å². The average Bonchev–Trinajstić information content (AvgIpc) is 2.96. The summed E-state index contributed by atoms with van der Waals surface area (Å²) >= 11 is 0. The Bertz CT molecular complexity index is 465. The van der Waals surface area contributed by atoms with Crippen molar-refractivity contribution in [1.29, 1.82) is 0 Å². The number of carbonyl (C=O) groups is 2. The predicted molar refractivity (Wildman–Crippen MR) is 100 cm³/mol. The van der Waals surface area contributed by atoms with Crippen molar-refractivity contribution in [2.45, 2.75) is 83.7 Å². The van der Waals surface area contributed by atoms with Crippen molar-refractivity contribution in [2.75, 3.05) is 7.11 Å². The molecule has 0 amide bonds. The molecule has 0 aromatic carbocycles. The minimum Gasteiger partial charge on any atom is -0.469 e. The number of rotatable bonds is 13. The molecule has 2 atom stereocenters. The van der Waals surface area contributed by atoms with Gasteiger partial charge in [-0.25, -0.2) is 0 Å². The van der Waals surface area contributed by atoms with Crippen LogP contribution in [0, 0.1) is 5.92 Å². The smallest absolute Gasteiger partial charge is 0.305 e. The number of methoxy groups -OCH3 is 1. The Labute approximate surface area is 152 Å². The van der Waals surface area contributed by atoms with Gasteiger partial charge in [-0.3, -0.25) is 9.59 Å². The molecular formula is C21H34O4. The topological polar surface area (TPSA) is 63.6 Å². The quantitative estimate of drug-likeness (QED) is 0.301. The summed E-state index contributed by atoms with van der Waals surface area (Å²) in [4.78, 5) is 23.1. The number of ketones is 1. The molecule has 1 aliphatic carbocycles. The maximum Gasteiger partial charge on any atom is 0.305 e. The van der Waals surface area contributed by atoms with Crippen LogP contribution in [0.15, 0.2) is 23.8 Å². The Balaban J connectivity index is 2.28. The van der Waals surface area contributed by atoms with Crippen molar-refractivity contribution in [3.05, 3.63) is 23.8 Å². The van der Waals surface area contributed by atoms with Crippen LogP contribution in [0.4, 0.5) is 0 Å². The lowest BCUT2D eigenvalue weighted by Gasteiger charge is -2.12. The molecule has 4 nitrogen and oxygen atoms in total. The lowest BCUT2D eigenvalue weighted by atomic mass is 9.93. The van der Waals surface area contributed by atoms with Crippen molar-refractivity contribution < 1.29 is 19.4 Å². The first-order valence-corrected chi connectivity index (χ1v) is 9.76. The van der Waals surface area contributed by atoms with Crippen molar-refractivity contribution in [1.82, 2.24) is 0 Å². The van der Waals surface area contributed by atoms with Gasteiger partial charge in [0.1, 0.15) is 0 Å². The minimum atomic E-state index is -0.341. The Kier molecular flexibility index (Phi) is 11.1. The molecule has 0 fully saturated rings. The third kappa shape index (κ3) is 9.01. The van der Waals surface area contributed by atoms with Gasteiger partial charge in [0.15, 0.2) is 5.78 Å². The zero-order chi connectivity index (χ0) is 18.5. The highest BCUT2D eigenvalue weighted by Crippen LogP contribution is 2.28. The highest BCUT2D eigenvalue weighted by Gasteiger charge is 2.22. The summed E-state index contributed by atoms with van der Waals surface area (Å²) in [6.07, 6.45) is 15.4. The van der Waals surface area contributed by atoms with Crippen LogP contribution in [-0.4, -0.2) is 30.1 Å². The van der Waals surface area contributed by atoms with Crippen LogP contribution in [0.1, 0.15) is 77.6 Å². The third-order valence-corrected chi connectivity index (χ3v) is 4.79. The molecule has 0 aromatic rings. The van der Waals surface area contributed by atoms with E-state index in [2.05, 4.69) is 11.7 Å². The maximum atomic E-state index is 12.0. The van der Waals surface area contributed by atoms with E-state index in [1.807, 2.05) is 12.2 Å². The zero-order valence-electron chi connectivity index (χ0n) is 15.8. The van der Waals surface area contributed by atoms with Gasteiger partial charge in [0.25, 0.3) is 0 Å². The molecule has 0 aromatic heterocycles. The molecular weight excluding hydrogens is 316 g/mol. The van der Waals surface area contributed by atoms with Gasteiger partial charge in [-0.15, -0.1) is 0 Å². The van der Waals surface area contributed by atoms with Gasteiger partial charge in [-0.2, -0.15) is 0 Å². The number of allylic oxidation sites excluding steroid dienone is 3. The molecule has 25 heavy (non-hydrogen) atoms. The predicted octanol–water partition coefficient (Wildman–Crippen LogP) is 4.51. The van der Waals surface area contributed by atoms with Crippen LogP contribution in [0.25, 0.3) is 0 Å². The van der Waals surface area contributed by atoms with Gasteiger partial charge in [0.2, 0.25) is 0 Å². The third-order valence-electron chi connectivity index (χ3n) is 4.79. The molecule has 1 rings (SSSR count). The number of aliphatic hydroxyl groups excluding tert-OH is 1. The van der Waals surface area contributed by atoms with Crippen LogP contribution < -0.4 is 0 Å². The van der Waals surface area contributed by atoms with Crippen molar-refractivity contribution in [2.24, 2.45) is 5.92 Å². The SMILES string of the molecule is CCCCC[C@H](O)C/C=C1/C(=O)C=C[C@@H]1CCCCCCC(=O)OC. The molecule has 0 aliphatic heterocycles. The maximum absolute atomic E-state index is 12.0. The summed E-state index contributed by atoms with van der Waals surface area (Å²) in [6, 6.07) is 0. The fourth-order valence-electron chi connectivity index (χ4n) is 3.19. The number of hydrogen-bond acceptors (Lipinski definition) is 4. The second-order valence-electron chi connectivity index (χ2n) is 6.90. The molecule has 142 valence electrons. The molecule has 0 saturated carbocycles. The fraction of sp³-hybridized carbons (Fsp3) is 0.714. The van der Waals surface area contributed by atoms with E-state index < -0.39 is 0 Å². The van der Waals surface area contributed by atoms with E-state index in [4.69, 9.17) is 0 Å². The summed E-state index contributed by atoms with van der Waals surface area (Å²) in [5, 5.41) is 10.0. The Hall–Kier alpha value is -1.42. The highest BCUT2D eigenvalue weighted by molar-refractivity contribution is 6.07. The van der Waals surface area contributed by atoms with Gasteiger partial charge in [-0.1, -0.05) is 57.6 Å². The number of unbranched alkanes of at least 4 members (excludes halogenated alkanes) is 5. The zero-order valence-corrected chi connectivity index (χ0v) is 15.8. The van der Waals surface area contributed by atoms with E-state index in [1.54, 1.807) is 6.08 Å². The van der Waals surface area contributed by atoms with Gasteiger partial charge >= 0.3 is 5.97 Å². The first kappa shape index (κ1) is 21.6. The van der Waals surface area contributed by atoms with Crippen LogP contribution >= 0.6 is 0 Å². The molecule has 1 N–H and O–H groups in total. The average molecular weight is 350 g/mol. The number of carbonyl (C=O) groups excluding carboxylic acids is 2. The van der Waals surface area contributed by atoms with Crippen molar-refractivity contribution >= 4 is 11.8 Å². The number of aliphatic hydroxyl groups is 1.